The summed E-state index contributed by atoms with van der Waals surface area (Å²) < 4.78 is 0. The minimum absolute atomic E-state index is 0.0909. The molecule has 0 saturated heterocycles. The Balaban J connectivity index is 1.70. The van der Waals surface area contributed by atoms with E-state index in [1.807, 2.05) is 60.7 Å². The smallest absolute Gasteiger partial charge is 0.315 e. The Labute approximate surface area is 136 Å². The van der Waals surface area contributed by atoms with Crippen molar-refractivity contribution in [3.05, 3.63) is 71.8 Å². The molecule has 0 radical (unpaired) electrons. The third-order valence-corrected chi connectivity index (χ3v) is 4.46. The molecule has 1 aliphatic rings. The van der Waals surface area contributed by atoms with Crippen LogP contribution in [0, 0.1) is 5.41 Å². The van der Waals surface area contributed by atoms with Crippen LogP contribution in [0.25, 0.3) is 0 Å². The van der Waals surface area contributed by atoms with Crippen LogP contribution < -0.4 is 10.6 Å². The van der Waals surface area contributed by atoms with Gasteiger partial charge in [0.05, 0.1) is 12.6 Å². The third-order valence-electron chi connectivity index (χ3n) is 4.46. The summed E-state index contributed by atoms with van der Waals surface area (Å²) in [6.45, 7) is 0.652. The maximum Gasteiger partial charge on any atom is 0.315 e. The van der Waals surface area contributed by atoms with Crippen molar-refractivity contribution in [2.45, 2.75) is 18.9 Å². The number of hydrogen-bond donors (Lipinski definition) is 3. The van der Waals surface area contributed by atoms with E-state index in [4.69, 9.17) is 0 Å². The molecule has 0 aliphatic heterocycles. The van der Waals surface area contributed by atoms with Gasteiger partial charge < -0.3 is 15.7 Å². The van der Waals surface area contributed by atoms with Crippen molar-refractivity contribution in [3.63, 3.8) is 0 Å². The van der Waals surface area contributed by atoms with Crippen LogP contribution in [0.3, 0.4) is 0 Å². The first kappa shape index (κ1) is 15.6. The number of carbonyl (C=O) groups excluding carboxylic acids is 1. The Kier molecular flexibility index (Phi) is 4.63. The first-order valence-electron chi connectivity index (χ1n) is 7.98. The minimum Gasteiger partial charge on any atom is -0.396 e. The van der Waals surface area contributed by atoms with Crippen LogP contribution in [0.5, 0.6) is 0 Å². The second-order valence-electron chi connectivity index (χ2n) is 6.24. The molecule has 0 atom stereocenters. The lowest BCUT2D eigenvalue weighted by Crippen LogP contribution is -2.41. The Morgan fingerprint density at radius 3 is 1.96 bits per heavy atom. The summed E-state index contributed by atoms with van der Waals surface area (Å²) in [7, 11) is 0. The number of amides is 2. The SMILES string of the molecule is O=C(NCC1(CO)CC1)NC(c1ccccc1)c1ccccc1. The Morgan fingerprint density at radius 2 is 1.52 bits per heavy atom. The van der Waals surface area contributed by atoms with E-state index < -0.39 is 0 Å². The summed E-state index contributed by atoms with van der Waals surface area (Å²) in [4.78, 5) is 12.3. The van der Waals surface area contributed by atoms with Gasteiger partial charge in [-0.15, -0.1) is 0 Å². The molecule has 3 rings (SSSR count). The highest BCUT2D eigenvalue weighted by Crippen LogP contribution is 2.44. The largest absolute Gasteiger partial charge is 0.396 e. The van der Waals surface area contributed by atoms with Crippen molar-refractivity contribution in [3.8, 4) is 0 Å². The van der Waals surface area contributed by atoms with E-state index in [0.717, 1.165) is 24.0 Å². The van der Waals surface area contributed by atoms with Crippen LogP contribution in [0.2, 0.25) is 0 Å². The molecular formula is C19H22N2O2. The van der Waals surface area contributed by atoms with Gasteiger partial charge in [-0.2, -0.15) is 0 Å². The van der Waals surface area contributed by atoms with Gasteiger partial charge in [0.25, 0.3) is 0 Å². The number of benzene rings is 2. The molecule has 2 amide bonds. The lowest BCUT2D eigenvalue weighted by Gasteiger charge is -2.21. The van der Waals surface area contributed by atoms with E-state index in [0.29, 0.717) is 6.54 Å². The van der Waals surface area contributed by atoms with Gasteiger partial charge in [-0.25, -0.2) is 4.79 Å². The molecule has 4 heteroatoms. The van der Waals surface area contributed by atoms with Gasteiger partial charge in [-0.05, 0) is 24.0 Å². The molecule has 2 aromatic carbocycles. The summed E-state index contributed by atoms with van der Waals surface area (Å²) in [5, 5.41) is 15.3. The van der Waals surface area contributed by atoms with Gasteiger partial charge in [-0.3, -0.25) is 0 Å². The molecule has 4 nitrogen and oxygen atoms in total. The number of aliphatic hydroxyl groups is 1. The van der Waals surface area contributed by atoms with Gasteiger partial charge in [0, 0.05) is 12.0 Å². The number of urea groups is 1. The predicted octanol–water partition coefficient (Wildman–Crippen LogP) is 2.85. The van der Waals surface area contributed by atoms with Gasteiger partial charge in [0.2, 0.25) is 0 Å². The number of hydrogen-bond acceptors (Lipinski definition) is 2. The number of carbonyl (C=O) groups is 1. The summed E-state index contributed by atoms with van der Waals surface area (Å²) in [6.07, 6.45) is 1.95. The highest BCUT2D eigenvalue weighted by atomic mass is 16.3. The molecule has 23 heavy (non-hydrogen) atoms. The van der Waals surface area contributed by atoms with Crippen molar-refractivity contribution in [1.29, 1.82) is 0 Å². The fraction of sp³-hybridized carbons (Fsp3) is 0.316. The van der Waals surface area contributed by atoms with Crippen LogP contribution in [-0.2, 0) is 0 Å². The standard InChI is InChI=1S/C19H22N2O2/c22-14-19(11-12-19)13-20-18(23)21-17(15-7-3-1-4-8-15)16-9-5-2-6-10-16/h1-10,17,22H,11-14H2,(H2,20,21,23). The molecule has 1 saturated carbocycles. The first-order chi connectivity index (χ1) is 11.2. The summed E-state index contributed by atoms with van der Waals surface area (Å²) in [5.74, 6) is 0. The van der Waals surface area contributed by atoms with Crippen molar-refractivity contribution in [2.24, 2.45) is 5.41 Å². The molecule has 120 valence electrons. The van der Waals surface area contributed by atoms with E-state index in [1.54, 1.807) is 0 Å². The van der Waals surface area contributed by atoms with Crippen LogP contribution in [-0.4, -0.2) is 24.3 Å². The van der Waals surface area contributed by atoms with Crippen molar-refractivity contribution < 1.29 is 9.90 Å². The van der Waals surface area contributed by atoms with Gasteiger partial charge in [-0.1, -0.05) is 60.7 Å². The summed E-state index contributed by atoms with van der Waals surface area (Å²) in [6, 6.07) is 19.4. The Morgan fingerprint density at radius 1 is 1.00 bits per heavy atom. The van der Waals surface area contributed by atoms with E-state index in [9.17, 15) is 9.90 Å². The molecule has 0 unspecified atom stereocenters. The van der Waals surface area contributed by atoms with E-state index in [2.05, 4.69) is 10.6 Å². The summed E-state index contributed by atoms with van der Waals surface area (Å²) >= 11 is 0. The molecule has 0 spiro atoms. The third kappa shape index (κ3) is 3.90. The molecule has 1 aliphatic carbocycles. The number of rotatable bonds is 6. The Hall–Kier alpha value is -2.33. The predicted molar refractivity (Wildman–Crippen MR) is 90.0 cm³/mol. The van der Waals surface area contributed by atoms with Crippen molar-refractivity contribution in [2.75, 3.05) is 13.2 Å². The molecule has 3 N–H and O–H groups in total. The zero-order valence-corrected chi connectivity index (χ0v) is 13.0. The van der Waals surface area contributed by atoms with E-state index in [-0.39, 0.29) is 24.1 Å². The molecule has 1 fully saturated rings. The van der Waals surface area contributed by atoms with E-state index in [1.165, 1.54) is 0 Å². The fourth-order valence-electron chi connectivity index (χ4n) is 2.67. The highest BCUT2D eigenvalue weighted by Gasteiger charge is 2.42. The second-order valence-corrected chi connectivity index (χ2v) is 6.24. The van der Waals surface area contributed by atoms with Gasteiger partial charge >= 0.3 is 6.03 Å². The maximum absolute atomic E-state index is 12.3. The Bertz CT molecular complexity index is 599. The number of nitrogens with one attached hydrogen (secondary N) is 2. The zero-order valence-electron chi connectivity index (χ0n) is 13.0. The van der Waals surface area contributed by atoms with Crippen molar-refractivity contribution in [1.82, 2.24) is 10.6 Å². The number of aliphatic hydroxyl groups excluding tert-OH is 1. The van der Waals surface area contributed by atoms with Crippen LogP contribution in [0.15, 0.2) is 60.7 Å². The minimum atomic E-state index is -0.206. The monoisotopic (exact) mass is 310 g/mol. The van der Waals surface area contributed by atoms with Gasteiger partial charge in [0.1, 0.15) is 0 Å². The van der Waals surface area contributed by atoms with Crippen LogP contribution in [0.4, 0.5) is 4.79 Å². The topological polar surface area (TPSA) is 61.4 Å². The lowest BCUT2D eigenvalue weighted by molar-refractivity contribution is 0.202. The molecule has 2 aromatic rings. The highest BCUT2D eigenvalue weighted by molar-refractivity contribution is 5.75. The van der Waals surface area contributed by atoms with Crippen LogP contribution >= 0.6 is 0 Å². The van der Waals surface area contributed by atoms with Gasteiger partial charge in [0.15, 0.2) is 0 Å². The zero-order chi connectivity index (χ0) is 16.1. The molecule has 0 heterocycles. The molecule has 0 aromatic heterocycles. The second kappa shape index (κ2) is 6.84. The first-order valence-corrected chi connectivity index (χ1v) is 7.98. The molecular weight excluding hydrogens is 288 g/mol. The lowest BCUT2D eigenvalue weighted by atomic mass is 9.99. The average molecular weight is 310 g/mol. The molecule has 0 bridgehead atoms. The normalized spacial score (nSPS) is 15.2. The van der Waals surface area contributed by atoms with Crippen LogP contribution in [0.1, 0.15) is 30.0 Å². The average Bonchev–Trinajstić information content (AvgIpc) is 3.40. The quantitative estimate of drug-likeness (QED) is 0.768. The fourth-order valence-corrected chi connectivity index (χ4v) is 2.67. The maximum atomic E-state index is 12.3. The summed E-state index contributed by atoms with van der Waals surface area (Å²) in [5.41, 5.74) is 1.99. The van der Waals surface area contributed by atoms with E-state index >= 15 is 0 Å². The van der Waals surface area contributed by atoms with Crippen molar-refractivity contribution >= 4 is 6.03 Å².